The summed E-state index contributed by atoms with van der Waals surface area (Å²) < 4.78 is 0. The molecule has 0 fully saturated rings. The van der Waals surface area contributed by atoms with Gasteiger partial charge >= 0.3 is 0 Å². The van der Waals surface area contributed by atoms with Gasteiger partial charge in [0.15, 0.2) is 0 Å². The van der Waals surface area contributed by atoms with Crippen molar-refractivity contribution in [2.24, 2.45) is 10.9 Å². The van der Waals surface area contributed by atoms with Crippen LogP contribution in [0.1, 0.15) is 67.7 Å². The Morgan fingerprint density at radius 3 is 2.33 bits per heavy atom. The lowest BCUT2D eigenvalue weighted by atomic mass is 10.0. The maximum absolute atomic E-state index is 4.75. The van der Waals surface area contributed by atoms with E-state index in [0.29, 0.717) is 0 Å². The first kappa shape index (κ1) is 22.4. The minimum atomic E-state index is 0.805. The molecule has 0 saturated heterocycles. The average Bonchev–Trinajstić information content (AvgIpc) is 2.55. The maximum atomic E-state index is 4.75. The molecule has 0 amide bonds. The Kier molecular flexibility index (Phi) is 11.9. The van der Waals surface area contributed by atoms with E-state index in [-0.39, 0.29) is 0 Å². The standard InChI is InChI=1S/C23H37N/c1-9-13-19(5)16-20(6)21(7)17-23(11-3)22(8)24-15-12-14-18(4)10-2/h9,11,13,16-18H,6,10,12,14-15H2,1-5,7-8H3/b13-9?,19-16-,21-17+,23-11+,24-22?. The summed E-state index contributed by atoms with van der Waals surface area (Å²) in [5.74, 6) is 0.805. The SMILES string of the molecule is C=C(/C=C(/C)C=CC)/C(C)=C/C(=C\C)C(C)=NCCCC(C)CC. The van der Waals surface area contributed by atoms with Crippen molar-refractivity contribution in [2.45, 2.75) is 67.7 Å². The van der Waals surface area contributed by atoms with E-state index < -0.39 is 0 Å². The molecule has 0 heterocycles. The number of hydrogen-bond acceptors (Lipinski definition) is 1. The first-order chi connectivity index (χ1) is 11.3. The predicted octanol–water partition coefficient (Wildman–Crippen LogP) is 7.24. The van der Waals surface area contributed by atoms with Gasteiger partial charge in [-0.2, -0.15) is 0 Å². The van der Waals surface area contributed by atoms with Crippen molar-refractivity contribution >= 4 is 5.71 Å². The van der Waals surface area contributed by atoms with Crippen LogP contribution >= 0.6 is 0 Å². The Balaban J connectivity index is 4.89. The fourth-order valence-electron chi connectivity index (χ4n) is 2.40. The highest BCUT2D eigenvalue weighted by Crippen LogP contribution is 2.16. The number of allylic oxidation sites excluding steroid dienone is 9. The van der Waals surface area contributed by atoms with Gasteiger partial charge in [0.1, 0.15) is 0 Å². The summed E-state index contributed by atoms with van der Waals surface area (Å²) in [6.07, 6.45) is 14.3. The molecular formula is C23H37N. The van der Waals surface area contributed by atoms with Gasteiger partial charge in [0.25, 0.3) is 0 Å². The molecule has 0 aliphatic rings. The molecule has 0 aromatic rings. The lowest BCUT2D eigenvalue weighted by molar-refractivity contribution is 0.500. The molecule has 0 aliphatic carbocycles. The molecule has 134 valence electrons. The Morgan fingerprint density at radius 1 is 1.12 bits per heavy atom. The van der Waals surface area contributed by atoms with Crippen molar-refractivity contribution in [3.63, 3.8) is 0 Å². The molecule has 0 radical (unpaired) electrons. The molecular weight excluding hydrogens is 290 g/mol. The summed E-state index contributed by atoms with van der Waals surface area (Å²) in [7, 11) is 0. The van der Waals surface area contributed by atoms with Crippen molar-refractivity contribution in [1.82, 2.24) is 0 Å². The third-order valence-corrected chi connectivity index (χ3v) is 4.34. The Labute approximate surface area is 150 Å². The van der Waals surface area contributed by atoms with Gasteiger partial charge in [0, 0.05) is 12.3 Å². The summed E-state index contributed by atoms with van der Waals surface area (Å²) >= 11 is 0. The van der Waals surface area contributed by atoms with Crippen LogP contribution in [-0.2, 0) is 0 Å². The van der Waals surface area contributed by atoms with E-state index in [9.17, 15) is 0 Å². The van der Waals surface area contributed by atoms with Gasteiger partial charge in [0.05, 0.1) is 0 Å². The van der Waals surface area contributed by atoms with Crippen LogP contribution in [0.2, 0.25) is 0 Å². The van der Waals surface area contributed by atoms with Gasteiger partial charge in [-0.1, -0.05) is 56.7 Å². The van der Waals surface area contributed by atoms with Crippen LogP contribution in [0, 0.1) is 5.92 Å². The van der Waals surface area contributed by atoms with E-state index in [1.54, 1.807) is 0 Å². The van der Waals surface area contributed by atoms with Gasteiger partial charge in [-0.25, -0.2) is 0 Å². The highest BCUT2D eigenvalue weighted by atomic mass is 14.7. The normalized spacial score (nSPS) is 16.0. The van der Waals surface area contributed by atoms with Crippen molar-refractivity contribution < 1.29 is 0 Å². The first-order valence-corrected chi connectivity index (χ1v) is 9.21. The molecule has 1 atom stereocenters. The number of aliphatic imine (C=N–C) groups is 1. The van der Waals surface area contributed by atoms with Gasteiger partial charge in [-0.05, 0) is 76.2 Å². The van der Waals surface area contributed by atoms with Crippen LogP contribution in [0.4, 0.5) is 0 Å². The van der Waals surface area contributed by atoms with E-state index in [1.165, 1.54) is 36.0 Å². The Hall–Kier alpha value is -1.63. The van der Waals surface area contributed by atoms with Gasteiger partial charge < -0.3 is 0 Å². The summed E-state index contributed by atoms with van der Waals surface area (Å²) in [6.45, 7) is 20.1. The number of rotatable bonds is 10. The van der Waals surface area contributed by atoms with Crippen LogP contribution in [-0.4, -0.2) is 12.3 Å². The zero-order valence-electron chi connectivity index (χ0n) is 16.9. The van der Waals surface area contributed by atoms with Gasteiger partial charge in [0.2, 0.25) is 0 Å². The molecule has 0 rings (SSSR count). The summed E-state index contributed by atoms with van der Waals surface area (Å²) in [5, 5.41) is 0. The average molecular weight is 328 g/mol. The monoisotopic (exact) mass is 327 g/mol. The summed E-state index contributed by atoms with van der Waals surface area (Å²) in [4.78, 5) is 4.75. The highest BCUT2D eigenvalue weighted by Gasteiger charge is 2.02. The molecule has 0 N–H and O–H groups in total. The zero-order valence-corrected chi connectivity index (χ0v) is 16.9. The largest absolute Gasteiger partial charge is 0.289 e. The lowest BCUT2D eigenvalue weighted by Gasteiger charge is -2.08. The fraction of sp³-hybridized carbons (Fsp3) is 0.522. The third kappa shape index (κ3) is 9.50. The number of nitrogens with zero attached hydrogens (tertiary/aromatic N) is 1. The second-order valence-corrected chi connectivity index (χ2v) is 6.61. The van der Waals surface area contributed by atoms with Gasteiger partial charge in [-0.3, -0.25) is 4.99 Å². The maximum Gasteiger partial charge on any atom is 0.0392 e. The second-order valence-electron chi connectivity index (χ2n) is 6.61. The molecule has 1 nitrogen and oxygen atoms in total. The molecule has 0 aromatic heterocycles. The molecule has 0 spiro atoms. The van der Waals surface area contributed by atoms with Crippen LogP contribution in [0.25, 0.3) is 0 Å². The van der Waals surface area contributed by atoms with Crippen molar-refractivity contribution in [1.29, 1.82) is 0 Å². The lowest BCUT2D eigenvalue weighted by Crippen LogP contribution is -1.99. The number of hydrogen-bond donors (Lipinski definition) is 0. The topological polar surface area (TPSA) is 12.4 Å². The second kappa shape index (κ2) is 12.8. The van der Waals surface area contributed by atoms with E-state index in [1.807, 2.05) is 13.0 Å². The van der Waals surface area contributed by atoms with Crippen LogP contribution in [0.3, 0.4) is 0 Å². The Bertz CT molecular complexity index is 538. The minimum Gasteiger partial charge on any atom is -0.289 e. The van der Waals surface area contributed by atoms with Crippen molar-refractivity contribution in [3.05, 3.63) is 59.3 Å². The highest BCUT2D eigenvalue weighted by molar-refractivity contribution is 6.00. The van der Waals surface area contributed by atoms with Crippen molar-refractivity contribution in [2.75, 3.05) is 6.54 Å². The van der Waals surface area contributed by atoms with Crippen molar-refractivity contribution in [3.8, 4) is 0 Å². The fourth-order valence-corrected chi connectivity index (χ4v) is 2.40. The molecule has 24 heavy (non-hydrogen) atoms. The van der Waals surface area contributed by atoms with E-state index in [4.69, 9.17) is 4.99 Å². The zero-order chi connectivity index (χ0) is 18.5. The van der Waals surface area contributed by atoms with E-state index in [2.05, 4.69) is 72.4 Å². The van der Waals surface area contributed by atoms with Crippen LogP contribution < -0.4 is 0 Å². The van der Waals surface area contributed by atoms with Crippen LogP contribution in [0.15, 0.2) is 64.2 Å². The smallest absolute Gasteiger partial charge is 0.0392 e. The minimum absolute atomic E-state index is 0.805. The van der Waals surface area contributed by atoms with Crippen LogP contribution in [0.5, 0.6) is 0 Å². The third-order valence-electron chi connectivity index (χ3n) is 4.34. The Morgan fingerprint density at radius 2 is 1.79 bits per heavy atom. The quantitative estimate of drug-likeness (QED) is 0.228. The first-order valence-electron chi connectivity index (χ1n) is 9.21. The van der Waals surface area contributed by atoms with Gasteiger partial charge in [-0.15, -0.1) is 0 Å². The molecule has 0 aromatic carbocycles. The van der Waals surface area contributed by atoms with E-state index in [0.717, 1.165) is 23.7 Å². The molecule has 1 unspecified atom stereocenters. The van der Waals surface area contributed by atoms with E-state index >= 15 is 0 Å². The molecule has 0 aliphatic heterocycles. The summed E-state index contributed by atoms with van der Waals surface area (Å²) in [5.41, 5.74) is 5.75. The molecule has 0 bridgehead atoms. The summed E-state index contributed by atoms with van der Waals surface area (Å²) in [6, 6.07) is 0. The molecule has 1 heteroatoms. The predicted molar refractivity (Wildman–Crippen MR) is 112 cm³/mol. The molecule has 0 saturated carbocycles.